The molecule has 1 unspecified atom stereocenters. The molecule has 1 atom stereocenters. The van der Waals surface area contributed by atoms with Gasteiger partial charge in [0.25, 0.3) is 0 Å². The fourth-order valence-corrected chi connectivity index (χ4v) is 2.56. The lowest BCUT2D eigenvalue weighted by atomic mass is 9.91. The Bertz CT molecular complexity index is 422. The average molecular weight is 283 g/mol. The molecule has 2 rings (SSSR count). The fraction of sp³-hybridized carbons (Fsp3) is 0.533. The van der Waals surface area contributed by atoms with Crippen LogP contribution in [-0.2, 0) is 4.79 Å². The third-order valence-electron chi connectivity index (χ3n) is 3.66. The van der Waals surface area contributed by atoms with Gasteiger partial charge in [0, 0.05) is 18.7 Å². The monoisotopic (exact) mass is 282 g/mol. The quantitative estimate of drug-likeness (QED) is 0.861. The molecule has 1 heterocycles. The van der Waals surface area contributed by atoms with Gasteiger partial charge in [0.2, 0.25) is 5.91 Å². The topological polar surface area (TPSA) is 32.3 Å². The molecule has 0 spiro atoms. The third-order valence-corrected chi connectivity index (χ3v) is 3.66. The number of rotatable bonds is 4. The van der Waals surface area contributed by atoms with Crippen LogP contribution in [0.5, 0.6) is 0 Å². The van der Waals surface area contributed by atoms with E-state index < -0.39 is 0 Å². The van der Waals surface area contributed by atoms with Gasteiger partial charge in [0.1, 0.15) is 0 Å². The average Bonchev–Trinajstić information content (AvgIpc) is 2.39. The Kier molecular flexibility index (Phi) is 6.32. The van der Waals surface area contributed by atoms with E-state index in [0.29, 0.717) is 12.3 Å². The number of amides is 1. The summed E-state index contributed by atoms with van der Waals surface area (Å²) in [6.07, 6.45) is 2.60. The Hall–Kier alpha value is -1.06. The van der Waals surface area contributed by atoms with E-state index in [-0.39, 0.29) is 18.3 Å². The first-order valence-electron chi connectivity index (χ1n) is 6.78. The second-order valence-electron chi connectivity index (χ2n) is 5.00. The first-order chi connectivity index (χ1) is 8.74. The minimum atomic E-state index is 0. The molecule has 19 heavy (non-hydrogen) atoms. The second kappa shape index (κ2) is 7.51. The first-order valence-corrected chi connectivity index (χ1v) is 6.78. The Morgan fingerprint density at radius 3 is 2.89 bits per heavy atom. The number of carbonyl (C=O) groups is 1. The molecule has 106 valence electrons. The van der Waals surface area contributed by atoms with Crippen molar-refractivity contribution in [2.45, 2.75) is 32.1 Å². The van der Waals surface area contributed by atoms with Crippen LogP contribution in [0.3, 0.4) is 0 Å². The highest BCUT2D eigenvalue weighted by Gasteiger charge is 2.25. The van der Waals surface area contributed by atoms with Gasteiger partial charge in [-0.25, -0.2) is 0 Å². The maximum absolute atomic E-state index is 12.2. The molecule has 0 fully saturated rings. The van der Waals surface area contributed by atoms with E-state index in [0.717, 1.165) is 31.6 Å². The molecule has 0 saturated heterocycles. The number of hydrogen-bond donors (Lipinski definition) is 1. The summed E-state index contributed by atoms with van der Waals surface area (Å²) in [5.74, 6) is 0.812. The maximum Gasteiger partial charge on any atom is 0.227 e. The predicted octanol–water partition coefficient (Wildman–Crippen LogP) is 2.95. The van der Waals surface area contributed by atoms with Gasteiger partial charge in [-0.05, 0) is 44.0 Å². The summed E-state index contributed by atoms with van der Waals surface area (Å²) < 4.78 is 0. The number of anilines is 1. The van der Waals surface area contributed by atoms with Crippen LogP contribution in [0.2, 0.25) is 0 Å². The molecule has 0 radical (unpaired) electrons. The molecular weight excluding hydrogens is 260 g/mol. The summed E-state index contributed by atoms with van der Waals surface area (Å²) in [5, 5.41) is 3.08. The first kappa shape index (κ1) is 16.0. The van der Waals surface area contributed by atoms with Crippen molar-refractivity contribution in [3.63, 3.8) is 0 Å². The lowest BCUT2D eigenvalue weighted by molar-refractivity contribution is -0.118. The molecule has 1 aromatic carbocycles. The van der Waals surface area contributed by atoms with E-state index in [1.54, 1.807) is 0 Å². The highest BCUT2D eigenvalue weighted by molar-refractivity contribution is 5.94. The molecule has 1 N–H and O–H groups in total. The summed E-state index contributed by atoms with van der Waals surface area (Å²) >= 11 is 0. The summed E-state index contributed by atoms with van der Waals surface area (Å²) in [6, 6.07) is 8.29. The number of nitrogens with zero attached hydrogens (tertiary/aromatic N) is 1. The number of benzene rings is 1. The van der Waals surface area contributed by atoms with Crippen molar-refractivity contribution < 1.29 is 4.79 Å². The van der Waals surface area contributed by atoms with E-state index >= 15 is 0 Å². The minimum Gasteiger partial charge on any atom is -0.320 e. The SMILES string of the molecule is CNCCCC(=O)N1CCC(C)c2ccccc21.Cl. The van der Waals surface area contributed by atoms with Gasteiger partial charge in [0.15, 0.2) is 0 Å². The van der Waals surface area contributed by atoms with Crippen molar-refractivity contribution in [1.29, 1.82) is 0 Å². The van der Waals surface area contributed by atoms with E-state index in [1.165, 1.54) is 5.56 Å². The fourth-order valence-electron chi connectivity index (χ4n) is 2.56. The second-order valence-corrected chi connectivity index (χ2v) is 5.00. The van der Waals surface area contributed by atoms with Crippen LogP contribution in [0, 0.1) is 0 Å². The van der Waals surface area contributed by atoms with Gasteiger partial charge in [-0.1, -0.05) is 25.1 Å². The molecular formula is C15H23ClN2O. The van der Waals surface area contributed by atoms with Crippen LogP contribution in [0.15, 0.2) is 24.3 Å². The molecule has 0 saturated carbocycles. The predicted molar refractivity (Wildman–Crippen MR) is 82.2 cm³/mol. The highest BCUT2D eigenvalue weighted by Crippen LogP contribution is 2.34. The molecule has 4 heteroatoms. The third kappa shape index (κ3) is 3.71. The standard InChI is InChI=1S/C15H22N2O.ClH/c1-12-9-11-17(15(18)8-5-10-16-2)14-7-4-3-6-13(12)14;/h3-4,6-7,12,16H,5,8-11H2,1-2H3;1H. The summed E-state index contributed by atoms with van der Waals surface area (Å²) in [6.45, 7) is 4.00. The smallest absolute Gasteiger partial charge is 0.227 e. The van der Waals surface area contributed by atoms with Crippen LogP contribution in [0.25, 0.3) is 0 Å². The van der Waals surface area contributed by atoms with Crippen LogP contribution in [0.4, 0.5) is 5.69 Å². The van der Waals surface area contributed by atoms with Gasteiger partial charge in [-0.2, -0.15) is 0 Å². The Morgan fingerprint density at radius 2 is 2.16 bits per heavy atom. The van der Waals surface area contributed by atoms with Crippen LogP contribution in [0.1, 0.15) is 37.7 Å². The van der Waals surface area contributed by atoms with Gasteiger partial charge in [0.05, 0.1) is 0 Å². The van der Waals surface area contributed by atoms with E-state index in [4.69, 9.17) is 0 Å². The molecule has 3 nitrogen and oxygen atoms in total. The molecule has 1 aromatic rings. The molecule has 0 aromatic heterocycles. The number of para-hydroxylation sites is 1. The molecule has 1 aliphatic heterocycles. The van der Waals surface area contributed by atoms with Crippen molar-refractivity contribution in [3.05, 3.63) is 29.8 Å². The van der Waals surface area contributed by atoms with Crippen molar-refractivity contribution in [3.8, 4) is 0 Å². The number of fused-ring (bicyclic) bond motifs is 1. The van der Waals surface area contributed by atoms with Crippen LogP contribution >= 0.6 is 12.4 Å². The number of halogens is 1. The lowest BCUT2D eigenvalue weighted by Gasteiger charge is -2.33. The van der Waals surface area contributed by atoms with E-state index in [2.05, 4.69) is 30.4 Å². The summed E-state index contributed by atoms with van der Waals surface area (Å²) in [4.78, 5) is 14.2. The van der Waals surface area contributed by atoms with Gasteiger partial charge in [-0.15, -0.1) is 12.4 Å². The zero-order valence-corrected chi connectivity index (χ0v) is 12.5. The number of nitrogens with one attached hydrogen (secondary N) is 1. The van der Waals surface area contributed by atoms with Crippen molar-refractivity contribution in [2.75, 3.05) is 25.0 Å². The van der Waals surface area contributed by atoms with Crippen LogP contribution in [-0.4, -0.2) is 26.0 Å². The highest BCUT2D eigenvalue weighted by atomic mass is 35.5. The normalized spacial score (nSPS) is 17.6. The molecule has 0 aliphatic carbocycles. The van der Waals surface area contributed by atoms with Crippen molar-refractivity contribution >= 4 is 24.0 Å². The molecule has 1 amide bonds. The Morgan fingerprint density at radius 1 is 1.42 bits per heavy atom. The van der Waals surface area contributed by atoms with E-state index in [1.807, 2.05) is 18.0 Å². The molecule has 0 bridgehead atoms. The number of hydrogen-bond acceptors (Lipinski definition) is 2. The number of carbonyl (C=O) groups excluding carboxylic acids is 1. The zero-order chi connectivity index (χ0) is 13.0. The van der Waals surface area contributed by atoms with Gasteiger partial charge < -0.3 is 10.2 Å². The van der Waals surface area contributed by atoms with Crippen molar-refractivity contribution in [1.82, 2.24) is 5.32 Å². The zero-order valence-electron chi connectivity index (χ0n) is 11.7. The maximum atomic E-state index is 12.2. The van der Waals surface area contributed by atoms with Gasteiger partial charge >= 0.3 is 0 Å². The summed E-state index contributed by atoms with van der Waals surface area (Å²) in [5.41, 5.74) is 2.43. The Labute approximate surface area is 121 Å². The van der Waals surface area contributed by atoms with E-state index in [9.17, 15) is 4.79 Å². The van der Waals surface area contributed by atoms with Gasteiger partial charge in [-0.3, -0.25) is 4.79 Å². The lowest BCUT2D eigenvalue weighted by Crippen LogP contribution is -2.36. The summed E-state index contributed by atoms with van der Waals surface area (Å²) in [7, 11) is 1.92. The largest absolute Gasteiger partial charge is 0.320 e. The minimum absolute atomic E-state index is 0. The van der Waals surface area contributed by atoms with Crippen molar-refractivity contribution in [2.24, 2.45) is 0 Å². The molecule has 1 aliphatic rings. The Balaban J connectivity index is 0.00000180. The van der Waals surface area contributed by atoms with Crippen LogP contribution < -0.4 is 10.2 Å².